The third-order valence-electron chi connectivity index (χ3n) is 4.58. The van der Waals surface area contributed by atoms with Gasteiger partial charge in [0.1, 0.15) is 5.69 Å². The van der Waals surface area contributed by atoms with Crippen LogP contribution in [0.2, 0.25) is 0 Å². The quantitative estimate of drug-likeness (QED) is 0.609. The van der Waals surface area contributed by atoms with E-state index < -0.39 is 14.9 Å². The fourth-order valence-electron chi connectivity index (χ4n) is 3.15. The van der Waals surface area contributed by atoms with Crippen LogP contribution in [0.3, 0.4) is 0 Å². The van der Waals surface area contributed by atoms with Crippen molar-refractivity contribution in [1.29, 1.82) is 0 Å². The number of benzene rings is 1. The Kier molecular flexibility index (Phi) is 5.79. The van der Waals surface area contributed by atoms with E-state index in [-0.39, 0.29) is 16.3 Å². The molecule has 9 heteroatoms. The van der Waals surface area contributed by atoms with Crippen LogP contribution in [0, 0.1) is 27.9 Å². The lowest BCUT2D eigenvalue weighted by Crippen LogP contribution is -2.28. The number of sulfonamides is 1. The lowest BCUT2D eigenvalue weighted by Gasteiger charge is -2.30. The smallest absolute Gasteiger partial charge is 0.272 e. The molecule has 25 heavy (non-hydrogen) atoms. The molecule has 2 atom stereocenters. The molecule has 0 heterocycles. The summed E-state index contributed by atoms with van der Waals surface area (Å²) < 4.78 is 22.8. The number of hydrazone groups is 1. The van der Waals surface area contributed by atoms with E-state index in [2.05, 4.69) is 31.3 Å². The number of nitrogens with two attached hydrogens (primary N) is 1. The van der Waals surface area contributed by atoms with Crippen molar-refractivity contribution >= 4 is 27.1 Å². The fourth-order valence-corrected chi connectivity index (χ4v) is 3.69. The predicted molar refractivity (Wildman–Crippen MR) is 96.9 cm³/mol. The summed E-state index contributed by atoms with van der Waals surface area (Å²) in [7, 11) is -4.01. The Balaban J connectivity index is 2.34. The molecule has 0 radical (unpaired) electrons. The molecular formula is C16H24N4O4S. The number of nitrogens with one attached hydrogen (secondary N) is 1. The predicted octanol–water partition coefficient (Wildman–Crippen LogP) is 3.10. The van der Waals surface area contributed by atoms with E-state index in [0.29, 0.717) is 17.8 Å². The summed E-state index contributed by atoms with van der Waals surface area (Å²) in [5.74, 6) is 1.30. The van der Waals surface area contributed by atoms with E-state index in [1.165, 1.54) is 12.1 Å². The van der Waals surface area contributed by atoms with Crippen molar-refractivity contribution < 1.29 is 13.3 Å². The van der Waals surface area contributed by atoms with Crippen LogP contribution in [0.15, 0.2) is 28.2 Å². The number of rotatable bonds is 5. The highest BCUT2D eigenvalue weighted by molar-refractivity contribution is 7.89. The molecule has 1 aliphatic rings. The molecule has 1 saturated carbocycles. The van der Waals surface area contributed by atoms with Gasteiger partial charge in [-0.05, 0) is 43.2 Å². The van der Waals surface area contributed by atoms with Gasteiger partial charge >= 0.3 is 0 Å². The first-order chi connectivity index (χ1) is 11.6. The van der Waals surface area contributed by atoms with Crippen molar-refractivity contribution in [3.8, 4) is 0 Å². The van der Waals surface area contributed by atoms with Crippen molar-refractivity contribution in [3.05, 3.63) is 28.3 Å². The van der Waals surface area contributed by atoms with Crippen LogP contribution in [0.25, 0.3) is 0 Å². The number of nitro groups is 1. The summed E-state index contributed by atoms with van der Waals surface area (Å²) in [5, 5.41) is 20.7. The van der Waals surface area contributed by atoms with Gasteiger partial charge in [0.25, 0.3) is 5.69 Å². The minimum Gasteiger partial charge on any atom is -0.272 e. The molecule has 8 nitrogen and oxygen atoms in total. The Morgan fingerprint density at radius 2 is 2.04 bits per heavy atom. The van der Waals surface area contributed by atoms with E-state index in [1.54, 1.807) is 0 Å². The average Bonchev–Trinajstić information content (AvgIpc) is 2.51. The van der Waals surface area contributed by atoms with Crippen molar-refractivity contribution in [3.63, 3.8) is 0 Å². The van der Waals surface area contributed by atoms with Gasteiger partial charge < -0.3 is 0 Å². The van der Waals surface area contributed by atoms with Gasteiger partial charge in [-0.25, -0.2) is 13.6 Å². The number of nitrogens with zero attached hydrogens (tertiary/aromatic N) is 2. The standard InChI is InChI=1S/C16H24N4O4S/c1-10(2)13-6-4-11(3)8-15(13)19-18-14-7-5-12(25(17,23)24)9-16(14)20(21)22/h5,7,9-11,13,18H,4,6,8H2,1-3H3,(H2,17,23,24)/b19-15-/t11-,13-/m0/s1. The molecule has 0 spiro atoms. The SMILES string of the molecule is CC(C)[C@@H]1CC[C@H](C)C/C1=N/Nc1ccc(S(N)(=O)=O)cc1[N+](=O)[O-]. The molecule has 1 fully saturated rings. The molecule has 0 amide bonds. The largest absolute Gasteiger partial charge is 0.295 e. The van der Waals surface area contributed by atoms with Gasteiger partial charge in [-0.15, -0.1) is 0 Å². The van der Waals surface area contributed by atoms with Gasteiger partial charge in [-0.2, -0.15) is 5.10 Å². The Morgan fingerprint density at radius 3 is 2.60 bits per heavy atom. The zero-order valence-corrected chi connectivity index (χ0v) is 15.4. The van der Waals surface area contributed by atoms with Crippen LogP contribution in [-0.2, 0) is 10.0 Å². The van der Waals surface area contributed by atoms with Crippen molar-refractivity contribution in [2.24, 2.45) is 28.0 Å². The third kappa shape index (κ3) is 4.76. The Morgan fingerprint density at radius 1 is 1.36 bits per heavy atom. The maximum absolute atomic E-state index is 11.4. The first kappa shape index (κ1) is 19.3. The maximum Gasteiger partial charge on any atom is 0.295 e. The van der Waals surface area contributed by atoms with Crippen LogP contribution in [-0.4, -0.2) is 19.1 Å². The van der Waals surface area contributed by atoms with Gasteiger partial charge in [0, 0.05) is 17.7 Å². The van der Waals surface area contributed by atoms with Crippen LogP contribution < -0.4 is 10.6 Å². The van der Waals surface area contributed by atoms with Crippen molar-refractivity contribution in [2.75, 3.05) is 5.43 Å². The summed E-state index contributed by atoms with van der Waals surface area (Å²) in [6.45, 7) is 6.44. The molecule has 138 valence electrons. The van der Waals surface area contributed by atoms with E-state index in [9.17, 15) is 18.5 Å². The highest BCUT2D eigenvalue weighted by Gasteiger charge is 2.27. The highest BCUT2D eigenvalue weighted by atomic mass is 32.2. The van der Waals surface area contributed by atoms with E-state index in [1.807, 2.05) is 0 Å². The molecular weight excluding hydrogens is 344 g/mol. The summed E-state index contributed by atoms with van der Waals surface area (Å²) in [5.41, 5.74) is 3.53. The van der Waals surface area contributed by atoms with Crippen LogP contribution in [0.5, 0.6) is 0 Å². The van der Waals surface area contributed by atoms with Gasteiger partial charge in [0.15, 0.2) is 0 Å². The van der Waals surface area contributed by atoms with Gasteiger partial charge in [-0.1, -0.05) is 20.8 Å². The number of primary sulfonamides is 1. The molecule has 0 aromatic heterocycles. The average molecular weight is 368 g/mol. The maximum atomic E-state index is 11.4. The fraction of sp³-hybridized carbons (Fsp3) is 0.562. The number of anilines is 1. The summed E-state index contributed by atoms with van der Waals surface area (Å²) in [6, 6.07) is 3.49. The number of hydrogen-bond acceptors (Lipinski definition) is 6. The first-order valence-corrected chi connectivity index (χ1v) is 9.78. The molecule has 0 aliphatic heterocycles. The molecule has 1 aromatic carbocycles. The lowest BCUT2D eigenvalue weighted by atomic mass is 9.76. The van der Waals surface area contributed by atoms with Crippen LogP contribution >= 0.6 is 0 Å². The van der Waals surface area contributed by atoms with Gasteiger partial charge in [0.2, 0.25) is 10.0 Å². The normalized spacial score (nSPS) is 23.0. The molecule has 0 saturated heterocycles. The second-order valence-corrected chi connectivity index (χ2v) is 8.49. The molecule has 2 rings (SSSR count). The van der Waals surface area contributed by atoms with E-state index >= 15 is 0 Å². The Hall–Kier alpha value is -2.00. The minimum atomic E-state index is -4.01. The van der Waals surface area contributed by atoms with Crippen molar-refractivity contribution in [2.45, 2.75) is 44.9 Å². The minimum absolute atomic E-state index is 0.144. The van der Waals surface area contributed by atoms with E-state index in [4.69, 9.17) is 5.14 Å². The second kappa shape index (κ2) is 7.49. The summed E-state index contributed by atoms with van der Waals surface area (Å²) in [4.78, 5) is 10.3. The second-order valence-electron chi connectivity index (χ2n) is 6.93. The zero-order valence-electron chi connectivity index (χ0n) is 14.6. The number of nitro benzene ring substituents is 1. The summed E-state index contributed by atoms with van der Waals surface area (Å²) in [6.07, 6.45) is 3.04. The van der Waals surface area contributed by atoms with Crippen LogP contribution in [0.4, 0.5) is 11.4 Å². The van der Waals surface area contributed by atoms with Gasteiger partial charge in [-0.3, -0.25) is 15.5 Å². The number of hydrogen-bond donors (Lipinski definition) is 2. The zero-order chi connectivity index (χ0) is 18.8. The topological polar surface area (TPSA) is 128 Å². The monoisotopic (exact) mass is 368 g/mol. The molecule has 1 aromatic rings. The Labute approximate surface area is 147 Å². The summed E-state index contributed by atoms with van der Waals surface area (Å²) >= 11 is 0. The highest BCUT2D eigenvalue weighted by Crippen LogP contribution is 2.32. The third-order valence-corrected chi connectivity index (χ3v) is 5.49. The first-order valence-electron chi connectivity index (χ1n) is 8.23. The molecule has 3 N–H and O–H groups in total. The van der Waals surface area contributed by atoms with Crippen molar-refractivity contribution in [1.82, 2.24) is 0 Å². The van der Waals surface area contributed by atoms with E-state index in [0.717, 1.165) is 31.0 Å². The molecule has 0 unspecified atom stereocenters. The molecule has 0 bridgehead atoms. The Bertz CT molecular complexity index is 789. The lowest BCUT2D eigenvalue weighted by molar-refractivity contribution is -0.384. The van der Waals surface area contributed by atoms with Crippen LogP contribution in [0.1, 0.15) is 40.0 Å². The van der Waals surface area contributed by atoms with Gasteiger partial charge in [0.05, 0.1) is 9.82 Å². The molecule has 1 aliphatic carbocycles.